The molecule has 2 aromatic carbocycles. The van der Waals surface area contributed by atoms with E-state index in [1.165, 1.54) is 31.4 Å². The van der Waals surface area contributed by atoms with Crippen LogP contribution in [-0.2, 0) is 6.18 Å². The van der Waals surface area contributed by atoms with Gasteiger partial charge in [-0.1, -0.05) is 11.6 Å². The number of halogens is 4. The number of hydrogen-bond acceptors (Lipinski definition) is 3. The Bertz CT molecular complexity index is 1030. The third kappa shape index (κ3) is 2.82. The van der Waals surface area contributed by atoms with E-state index in [0.717, 1.165) is 16.7 Å². The molecular formula is C17H11ClF3NO4. The lowest BCUT2D eigenvalue weighted by molar-refractivity contribution is -0.137. The lowest BCUT2D eigenvalue weighted by Crippen LogP contribution is -2.11. The Hall–Kier alpha value is -2.87. The Labute approximate surface area is 149 Å². The molecule has 0 aliphatic carbocycles. The first-order valence-corrected chi connectivity index (χ1v) is 7.54. The second kappa shape index (κ2) is 6.14. The van der Waals surface area contributed by atoms with Gasteiger partial charge in [0.25, 0.3) is 0 Å². The molecule has 5 nitrogen and oxygen atoms in total. The Morgan fingerprint density at radius 3 is 2.46 bits per heavy atom. The molecule has 0 saturated carbocycles. The van der Waals surface area contributed by atoms with Crippen molar-refractivity contribution in [2.75, 3.05) is 7.11 Å². The molecule has 0 radical (unpaired) electrons. The molecule has 3 rings (SSSR count). The average Bonchev–Trinajstić information content (AvgIpc) is 2.87. The van der Waals surface area contributed by atoms with Crippen molar-refractivity contribution in [3.8, 4) is 17.2 Å². The Morgan fingerprint density at radius 2 is 1.88 bits per heavy atom. The van der Waals surface area contributed by atoms with Crippen LogP contribution in [0.15, 0.2) is 36.4 Å². The lowest BCUT2D eigenvalue weighted by atomic mass is 10.2. The summed E-state index contributed by atoms with van der Waals surface area (Å²) >= 11 is 5.64. The number of ether oxygens (including phenoxy) is 1. The minimum atomic E-state index is -4.71. The molecule has 0 atom stereocenters. The highest BCUT2D eigenvalue weighted by Crippen LogP contribution is 2.40. The van der Waals surface area contributed by atoms with Gasteiger partial charge in [0.05, 0.1) is 23.2 Å². The molecule has 0 aliphatic rings. The van der Waals surface area contributed by atoms with Crippen LogP contribution in [0, 0.1) is 0 Å². The van der Waals surface area contributed by atoms with E-state index in [4.69, 9.17) is 16.3 Å². The van der Waals surface area contributed by atoms with Crippen LogP contribution in [0.1, 0.15) is 16.1 Å². The van der Waals surface area contributed by atoms with Crippen molar-refractivity contribution in [1.29, 1.82) is 0 Å². The zero-order valence-corrected chi connectivity index (χ0v) is 13.9. The number of carboxylic acid groups (broad SMARTS) is 1. The molecule has 0 amide bonds. The van der Waals surface area contributed by atoms with Gasteiger partial charge in [-0.2, -0.15) is 13.2 Å². The van der Waals surface area contributed by atoms with E-state index in [1.54, 1.807) is 0 Å². The summed E-state index contributed by atoms with van der Waals surface area (Å²) in [5.74, 6) is -1.62. The first-order chi connectivity index (χ1) is 12.1. The molecule has 26 heavy (non-hydrogen) atoms. The van der Waals surface area contributed by atoms with Gasteiger partial charge in [-0.15, -0.1) is 0 Å². The number of aromatic carboxylic acids is 1. The summed E-state index contributed by atoms with van der Waals surface area (Å²) in [5.41, 5.74) is -1.26. The van der Waals surface area contributed by atoms with Crippen LogP contribution >= 0.6 is 11.6 Å². The summed E-state index contributed by atoms with van der Waals surface area (Å²) in [6.45, 7) is 0. The molecule has 3 aromatic rings. The quantitative estimate of drug-likeness (QED) is 0.684. The molecule has 0 bridgehead atoms. The number of carboxylic acids is 1. The van der Waals surface area contributed by atoms with Crippen molar-refractivity contribution < 1.29 is 32.9 Å². The van der Waals surface area contributed by atoms with Gasteiger partial charge in [-0.05, 0) is 36.4 Å². The van der Waals surface area contributed by atoms with Crippen LogP contribution in [0.5, 0.6) is 11.5 Å². The van der Waals surface area contributed by atoms with Crippen molar-refractivity contribution in [3.05, 3.63) is 52.7 Å². The zero-order valence-electron chi connectivity index (χ0n) is 13.1. The van der Waals surface area contributed by atoms with E-state index >= 15 is 0 Å². The second-order valence-corrected chi connectivity index (χ2v) is 5.79. The second-order valence-electron chi connectivity index (χ2n) is 5.39. The van der Waals surface area contributed by atoms with Gasteiger partial charge in [0.15, 0.2) is 11.4 Å². The number of rotatable bonds is 3. The molecule has 0 aliphatic heterocycles. The van der Waals surface area contributed by atoms with E-state index in [-0.39, 0.29) is 33.8 Å². The van der Waals surface area contributed by atoms with Gasteiger partial charge in [-0.25, -0.2) is 4.79 Å². The number of aromatic hydroxyl groups is 1. The maximum atomic E-state index is 13.2. The Balaban J connectivity index is 2.42. The zero-order chi connectivity index (χ0) is 19.2. The van der Waals surface area contributed by atoms with Crippen LogP contribution in [0.4, 0.5) is 13.2 Å². The monoisotopic (exact) mass is 385 g/mol. The molecule has 0 fully saturated rings. The summed E-state index contributed by atoms with van der Waals surface area (Å²) in [4.78, 5) is 11.8. The number of benzene rings is 2. The smallest absolute Gasteiger partial charge is 0.417 e. The minimum absolute atomic E-state index is 0.0573. The number of alkyl halides is 3. The summed E-state index contributed by atoms with van der Waals surface area (Å²) in [7, 11) is 1.23. The molecule has 1 heterocycles. The standard InChI is InChI=1S/C17H11ClF3NO4/c1-26-15-10-7-9(23)3-5-13(10)22(14(15)16(24)25)8-2-4-12(18)11(6-8)17(19,20)21/h2-7,23H,1H3,(H,24,25). The molecule has 0 saturated heterocycles. The van der Waals surface area contributed by atoms with Gasteiger partial charge < -0.3 is 19.5 Å². The fourth-order valence-electron chi connectivity index (χ4n) is 2.79. The summed E-state index contributed by atoms with van der Waals surface area (Å²) < 4.78 is 45.8. The predicted molar refractivity (Wildman–Crippen MR) is 88.5 cm³/mol. The van der Waals surface area contributed by atoms with E-state index in [9.17, 15) is 28.2 Å². The third-order valence-electron chi connectivity index (χ3n) is 3.82. The number of carbonyl (C=O) groups is 1. The maximum Gasteiger partial charge on any atom is 0.417 e. The number of phenols is 1. The van der Waals surface area contributed by atoms with Crippen LogP contribution in [0.2, 0.25) is 5.02 Å². The van der Waals surface area contributed by atoms with Gasteiger partial charge >= 0.3 is 12.1 Å². The maximum absolute atomic E-state index is 13.2. The first kappa shape index (κ1) is 17.9. The molecule has 0 spiro atoms. The number of nitrogens with zero attached hydrogens (tertiary/aromatic N) is 1. The van der Waals surface area contributed by atoms with Crippen LogP contribution < -0.4 is 4.74 Å². The fraction of sp³-hybridized carbons (Fsp3) is 0.118. The molecule has 136 valence electrons. The summed E-state index contributed by atoms with van der Waals surface area (Å²) in [5, 5.41) is 19.0. The highest BCUT2D eigenvalue weighted by atomic mass is 35.5. The summed E-state index contributed by atoms with van der Waals surface area (Å²) in [6, 6.07) is 7.05. The van der Waals surface area contributed by atoms with Crippen molar-refractivity contribution in [2.45, 2.75) is 6.18 Å². The minimum Gasteiger partial charge on any atom is -0.508 e. The normalized spacial score (nSPS) is 11.7. The lowest BCUT2D eigenvalue weighted by Gasteiger charge is -2.13. The SMILES string of the molecule is COc1c(C(=O)O)n(-c2ccc(Cl)c(C(F)(F)F)c2)c2ccc(O)cc12. The third-order valence-corrected chi connectivity index (χ3v) is 4.15. The van der Waals surface area contributed by atoms with E-state index < -0.39 is 22.7 Å². The van der Waals surface area contributed by atoms with Crippen LogP contribution in [0.3, 0.4) is 0 Å². The highest BCUT2D eigenvalue weighted by Gasteiger charge is 2.34. The molecule has 1 aromatic heterocycles. The average molecular weight is 386 g/mol. The predicted octanol–water partition coefficient (Wildman–Crippen LogP) is 4.72. The number of methoxy groups -OCH3 is 1. The number of aromatic nitrogens is 1. The number of fused-ring (bicyclic) bond motifs is 1. The Morgan fingerprint density at radius 1 is 1.19 bits per heavy atom. The fourth-order valence-corrected chi connectivity index (χ4v) is 3.01. The van der Waals surface area contributed by atoms with Gasteiger partial charge in [0.1, 0.15) is 5.75 Å². The van der Waals surface area contributed by atoms with E-state index in [2.05, 4.69) is 0 Å². The molecule has 9 heteroatoms. The first-order valence-electron chi connectivity index (χ1n) is 7.17. The van der Waals surface area contributed by atoms with Gasteiger partial charge in [0, 0.05) is 11.1 Å². The molecular weight excluding hydrogens is 375 g/mol. The topological polar surface area (TPSA) is 71.7 Å². The van der Waals surface area contributed by atoms with E-state index in [1.807, 2.05) is 0 Å². The van der Waals surface area contributed by atoms with E-state index in [0.29, 0.717) is 0 Å². The van der Waals surface area contributed by atoms with Crippen molar-refractivity contribution in [1.82, 2.24) is 4.57 Å². The van der Waals surface area contributed by atoms with Crippen molar-refractivity contribution in [3.63, 3.8) is 0 Å². The number of phenolic OH excluding ortho intramolecular Hbond substituents is 1. The Kier molecular flexibility index (Phi) is 4.23. The van der Waals surface area contributed by atoms with Gasteiger partial charge in [0.2, 0.25) is 0 Å². The summed E-state index contributed by atoms with van der Waals surface area (Å²) in [6.07, 6.45) is -4.71. The number of hydrogen-bond donors (Lipinski definition) is 2. The van der Waals surface area contributed by atoms with Crippen molar-refractivity contribution >= 4 is 28.5 Å². The molecule has 0 unspecified atom stereocenters. The van der Waals surface area contributed by atoms with Crippen LogP contribution in [-0.4, -0.2) is 27.9 Å². The van der Waals surface area contributed by atoms with Gasteiger partial charge in [-0.3, -0.25) is 0 Å². The highest BCUT2D eigenvalue weighted by molar-refractivity contribution is 6.31. The molecule has 2 N–H and O–H groups in total. The largest absolute Gasteiger partial charge is 0.508 e. The van der Waals surface area contributed by atoms with Crippen LogP contribution in [0.25, 0.3) is 16.6 Å². The van der Waals surface area contributed by atoms with Crippen molar-refractivity contribution in [2.24, 2.45) is 0 Å².